The molecule has 0 spiro atoms. The molecule has 1 unspecified atom stereocenters. The fourth-order valence-electron chi connectivity index (χ4n) is 5.63. The van der Waals surface area contributed by atoms with Crippen LogP contribution >= 0.6 is 0 Å². The summed E-state index contributed by atoms with van der Waals surface area (Å²) in [5.74, 6) is 2.25. The van der Waals surface area contributed by atoms with E-state index >= 15 is 0 Å². The number of benzene rings is 2. The average molecular weight is 495 g/mol. The second-order valence-electron chi connectivity index (χ2n) is 9.93. The molecular weight excluding hydrogens is 460 g/mol. The van der Waals surface area contributed by atoms with Gasteiger partial charge >= 0.3 is 0 Å². The van der Waals surface area contributed by atoms with Gasteiger partial charge < -0.3 is 0 Å². The lowest BCUT2D eigenvalue weighted by atomic mass is 9.87. The highest BCUT2D eigenvalue weighted by molar-refractivity contribution is 7.90. The lowest BCUT2D eigenvalue weighted by Gasteiger charge is -2.31. The van der Waals surface area contributed by atoms with Crippen LogP contribution in [0.15, 0.2) is 59.5 Å². The zero-order valence-corrected chi connectivity index (χ0v) is 21.1. The van der Waals surface area contributed by atoms with E-state index in [2.05, 4.69) is 38.1 Å². The number of hydrogen-bond donors (Lipinski definition) is 1. The molecule has 35 heavy (non-hydrogen) atoms. The Kier molecular flexibility index (Phi) is 7.27. The highest BCUT2D eigenvalue weighted by atomic mass is 32.2. The summed E-state index contributed by atoms with van der Waals surface area (Å²) in [5.41, 5.74) is 5.83. The van der Waals surface area contributed by atoms with Gasteiger partial charge in [0.1, 0.15) is 6.04 Å². The normalized spacial score (nSPS) is 21.1. The molecular formula is C26H34N6O2S. The number of nitrogens with one attached hydrogen (secondary N) is 1. The van der Waals surface area contributed by atoms with E-state index in [-0.39, 0.29) is 6.04 Å². The van der Waals surface area contributed by atoms with Crippen LogP contribution in [0.2, 0.25) is 0 Å². The number of hydrogen-bond acceptors (Lipinski definition) is 7. The van der Waals surface area contributed by atoms with Gasteiger partial charge in [0.15, 0.2) is 15.7 Å². The second kappa shape index (κ2) is 10.6. The number of aromatic nitrogens is 4. The molecule has 186 valence electrons. The summed E-state index contributed by atoms with van der Waals surface area (Å²) in [6, 6.07) is 17.1. The lowest BCUT2D eigenvalue weighted by Crippen LogP contribution is -2.43. The third kappa shape index (κ3) is 5.63. The van der Waals surface area contributed by atoms with Crippen molar-refractivity contribution in [1.82, 2.24) is 30.6 Å². The van der Waals surface area contributed by atoms with Gasteiger partial charge in [-0.1, -0.05) is 68.1 Å². The Morgan fingerprint density at radius 2 is 1.69 bits per heavy atom. The van der Waals surface area contributed by atoms with Gasteiger partial charge in [0, 0.05) is 19.3 Å². The minimum absolute atomic E-state index is 0.232. The first-order valence-electron chi connectivity index (χ1n) is 12.6. The fourth-order valence-corrected chi connectivity index (χ4v) is 6.26. The molecule has 1 aromatic heterocycles. The van der Waals surface area contributed by atoms with Crippen molar-refractivity contribution in [2.75, 3.05) is 19.3 Å². The van der Waals surface area contributed by atoms with E-state index in [9.17, 15) is 8.42 Å². The molecule has 1 saturated carbocycles. The maximum absolute atomic E-state index is 12.0. The second-order valence-corrected chi connectivity index (χ2v) is 11.9. The van der Waals surface area contributed by atoms with Gasteiger partial charge in [0.2, 0.25) is 0 Å². The SMILES string of the molecule is CS(=O)(=O)c1ccc(C(c2nnnn2Cc2ccccc2)N2CCC[C@@H](C3CCCC3)CN2)cc1. The average Bonchev–Trinajstić information content (AvgIpc) is 3.49. The van der Waals surface area contributed by atoms with Gasteiger partial charge in [-0.15, -0.1) is 5.10 Å². The van der Waals surface area contributed by atoms with Gasteiger partial charge in [0.05, 0.1) is 11.4 Å². The van der Waals surface area contributed by atoms with E-state index in [1.807, 2.05) is 35.0 Å². The molecule has 3 aromatic rings. The summed E-state index contributed by atoms with van der Waals surface area (Å²) in [6.45, 7) is 2.39. The molecule has 0 amide bonds. The van der Waals surface area contributed by atoms with Crippen molar-refractivity contribution in [3.8, 4) is 0 Å². The molecule has 1 aliphatic carbocycles. The predicted octanol–water partition coefficient (Wildman–Crippen LogP) is 3.62. The summed E-state index contributed by atoms with van der Waals surface area (Å²) in [4.78, 5) is 0.314. The molecule has 2 aliphatic rings. The topological polar surface area (TPSA) is 93.0 Å². The molecule has 2 atom stereocenters. The van der Waals surface area contributed by atoms with Crippen LogP contribution in [0.3, 0.4) is 0 Å². The van der Waals surface area contributed by atoms with Crippen molar-refractivity contribution in [3.63, 3.8) is 0 Å². The van der Waals surface area contributed by atoms with Crippen molar-refractivity contribution in [1.29, 1.82) is 0 Å². The zero-order chi connectivity index (χ0) is 24.3. The number of sulfone groups is 1. The van der Waals surface area contributed by atoms with Crippen LogP contribution in [-0.4, -0.2) is 53.0 Å². The van der Waals surface area contributed by atoms with E-state index in [0.717, 1.165) is 42.4 Å². The largest absolute Gasteiger partial charge is 0.254 e. The van der Waals surface area contributed by atoms with Gasteiger partial charge in [-0.2, -0.15) is 0 Å². The third-order valence-electron chi connectivity index (χ3n) is 7.51. The fraction of sp³-hybridized carbons (Fsp3) is 0.500. The summed E-state index contributed by atoms with van der Waals surface area (Å²) in [7, 11) is -3.27. The standard InChI is InChI=1S/C26H34N6O2S/c1-35(33,34)24-15-13-22(14-16-24)25(26-28-29-30-32(26)19-20-8-3-2-4-9-20)31-17-7-12-23(18-27-31)21-10-5-6-11-21/h2-4,8-9,13-16,21,23,25,27H,5-7,10-12,17-19H2,1H3/t23-,25?/m1/s1. The van der Waals surface area contributed by atoms with E-state index < -0.39 is 9.84 Å². The van der Waals surface area contributed by atoms with E-state index in [1.165, 1.54) is 38.4 Å². The Balaban J connectivity index is 1.46. The molecule has 1 saturated heterocycles. The molecule has 5 rings (SSSR count). The first-order valence-corrected chi connectivity index (χ1v) is 14.5. The van der Waals surface area contributed by atoms with Crippen molar-refractivity contribution < 1.29 is 8.42 Å². The van der Waals surface area contributed by atoms with Crippen LogP contribution in [0.25, 0.3) is 0 Å². The molecule has 9 heteroatoms. The van der Waals surface area contributed by atoms with Crippen LogP contribution in [0.4, 0.5) is 0 Å². The van der Waals surface area contributed by atoms with Crippen LogP contribution in [0, 0.1) is 11.8 Å². The van der Waals surface area contributed by atoms with E-state index in [0.29, 0.717) is 17.4 Å². The number of nitrogens with zero attached hydrogens (tertiary/aromatic N) is 5. The number of tetrazole rings is 1. The zero-order valence-electron chi connectivity index (χ0n) is 20.3. The molecule has 0 bridgehead atoms. The van der Waals surface area contributed by atoms with Gasteiger partial charge in [0.25, 0.3) is 0 Å². The molecule has 1 N–H and O–H groups in total. The Labute approximate surface area is 207 Å². The molecule has 8 nitrogen and oxygen atoms in total. The van der Waals surface area contributed by atoms with Crippen molar-refractivity contribution in [2.24, 2.45) is 11.8 Å². The maximum Gasteiger partial charge on any atom is 0.175 e. The summed E-state index contributed by atoms with van der Waals surface area (Å²) in [5, 5.41) is 15.1. The van der Waals surface area contributed by atoms with Gasteiger partial charge in [-0.05, 0) is 58.4 Å². The first kappa shape index (κ1) is 24.1. The van der Waals surface area contributed by atoms with Crippen molar-refractivity contribution in [2.45, 2.75) is 56.0 Å². The maximum atomic E-state index is 12.0. The first-order chi connectivity index (χ1) is 17.0. The summed E-state index contributed by atoms with van der Waals surface area (Å²) in [6.07, 6.45) is 8.97. The highest BCUT2D eigenvalue weighted by Crippen LogP contribution is 2.36. The highest BCUT2D eigenvalue weighted by Gasteiger charge is 2.32. The monoisotopic (exact) mass is 494 g/mol. The Morgan fingerprint density at radius 1 is 0.971 bits per heavy atom. The smallest absolute Gasteiger partial charge is 0.175 e. The van der Waals surface area contributed by atoms with Crippen molar-refractivity contribution >= 4 is 9.84 Å². The Bertz CT molecular complexity index is 1210. The minimum Gasteiger partial charge on any atom is -0.254 e. The van der Waals surface area contributed by atoms with Crippen LogP contribution in [-0.2, 0) is 16.4 Å². The quantitative estimate of drug-likeness (QED) is 0.536. The lowest BCUT2D eigenvalue weighted by molar-refractivity contribution is 0.140. The van der Waals surface area contributed by atoms with Gasteiger partial charge in [-0.25, -0.2) is 18.1 Å². The summed E-state index contributed by atoms with van der Waals surface area (Å²) < 4.78 is 26.0. The summed E-state index contributed by atoms with van der Waals surface area (Å²) >= 11 is 0. The van der Waals surface area contributed by atoms with Crippen molar-refractivity contribution in [3.05, 3.63) is 71.5 Å². The number of hydrazine groups is 1. The number of rotatable bonds is 7. The predicted molar refractivity (Wildman–Crippen MR) is 134 cm³/mol. The minimum atomic E-state index is -3.27. The molecule has 2 fully saturated rings. The van der Waals surface area contributed by atoms with Gasteiger partial charge in [-0.3, -0.25) is 5.43 Å². The Hall–Kier alpha value is -2.62. The molecule has 2 aromatic carbocycles. The van der Waals surface area contributed by atoms with E-state index in [1.54, 1.807) is 12.1 Å². The van der Waals surface area contributed by atoms with Crippen LogP contribution in [0.5, 0.6) is 0 Å². The van der Waals surface area contributed by atoms with Crippen LogP contribution in [0.1, 0.15) is 61.5 Å². The molecule has 1 aliphatic heterocycles. The molecule has 2 heterocycles. The van der Waals surface area contributed by atoms with Crippen LogP contribution < -0.4 is 5.43 Å². The molecule has 0 radical (unpaired) electrons. The third-order valence-corrected chi connectivity index (χ3v) is 8.64. The Morgan fingerprint density at radius 3 is 2.40 bits per heavy atom. The van der Waals surface area contributed by atoms with E-state index in [4.69, 9.17) is 0 Å².